The number of hydrogen-bond donors (Lipinski definition) is 4. The van der Waals surface area contributed by atoms with Gasteiger partial charge >= 0.3 is 12.1 Å². The third kappa shape index (κ3) is 10.8. The molecule has 160 valence electrons. The van der Waals surface area contributed by atoms with Gasteiger partial charge in [-0.1, -0.05) is 0 Å². The van der Waals surface area contributed by atoms with Crippen LogP contribution in [0, 0.1) is 0 Å². The molecule has 0 aliphatic heterocycles. The Bertz CT molecular complexity index is 614. The zero-order valence-electron chi connectivity index (χ0n) is 16.8. The standard InChI is InChI=1S/C19H32N8O2/c28-18(24-8-4-12-26-14-10-20-16-26)22-6-2-1-3-7-23-19(29)25-9-5-13-27-15-11-21-17-27/h10-11,14-17H,1-9,12-13H2,(H2,22,24,28)(H2,23,25,29). The van der Waals surface area contributed by atoms with E-state index in [1.54, 1.807) is 25.0 Å². The minimum absolute atomic E-state index is 0.135. The van der Waals surface area contributed by atoms with Crippen LogP contribution in [0.3, 0.4) is 0 Å². The van der Waals surface area contributed by atoms with Crippen LogP contribution in [-0.4, -0.2) is 57.3 Å². The fraction of sp³-hybridized carbons (Fsp3) is 0.579. The molecule has 0 atom stereocenters. The third-order valence-electron chi connectivity index (χ3n) is 4.30. The Labute approximate surface area is 171 Å². The molecule has 0 radical (unpaired) electrons. The first-order valence-electron chi connectivity index (χ1n) is 10.2. The molecule has 2 aromatic rings. The predicted molar refractivity (Wildman–Crippen MR) is 110 cm³/mol. The summed E-state index contributed by atoms with van der Waals surface area (Å²) >= 11 is 0. The predicted octanol–water partition coefficient (Wildman–Crippen LogP) is 1.33. The summed E-state index contributed by atoms with van der Waals surface area (Å²) in [6.07, 6.45) is 15.3. The molecule has 2 rings (SSSR count). The van der Waals surface area contributed by atoms with E-state index in [1.807, 2.05) is 21.5 Å². The minimum atomic E-state index is -0.135. The molecule has 0 aromatic carbocycles. The Balaban J connectivity index is 1.32. The molecule has 0 fully saturated rings. The van der Waals surface area contributed by atoms with E-state index in [4.69, 9.17) is 0 Å². The summed E-state index contributed by atoms with van der Waals surface area (Å²) < 4.78 is 3.96. The number of carbonyl (C=O) groups excluding carboxylic acids is 2. The molecule has 0 unspecified atom stereocenters. The van der Waals surface area contributed by atoms with E-state index in [9.17, 15) is 9.59 Å². The van der Waals surface area contributed by atoms with Gasteiger partial charge in [-0.25, -0.2) is 19.6 Å². The summed E-state index contributed by atoms with van der Waals surface area (Å²) in [5, 5.41) is 11.4. The molecule has 4 N–H and O–H groups in total. The maximum Gasteiger partial charge on any atom is 0.314 e. The van der Waals surface area contributed by atoms with E-state index < -0.39 is 0 Å². The summed E-state index contributed by atoms with van der Waals surface area (Å²) in [7, 11) is 0. The molecule has 2 aromatic heterocycles. The number of amides is 4. The number of unbranched alkanes of at least 4 members (excludes halogenated alkanes) is 2. The molecule has 0 saturated heterocycles. The normalized spacial score (nSPS) is 10.5. The van der Waals surface area contributed by atoms with Crippen LogP contribution in [0.15, 0.2) is 37.4 Å². The lowest BCUT2D eigenvalue weighted by Gasteiger charge is -2.09. The maximum absolute atomic E-state index is 11.7. The van der Waals surface area contributed by atoms with Crippen LogP contribution in [0.4, 0.5) is 9.59 Å². The Kier molecular flexibility index (Phi) is 10.8. The summed E-state index contributed by atoms with van der Waals surface area (Å²) in [6.45, 7) is 4.20. The fourth-order valence-corrected chi connectivity index (χ4v) is 2.72. The highest BCUT2D eigenvalue weighted by molar-refractivity contribution is 5.74. The second-order valence-corrected chi connectivity index (χ2v) is 6.73. The zero-order chi connectivity index (χ0) is 20.6. The number of nitrogens with one attached hydrogen (secondary N) is 4. The molecule has 0 aliphatic rings. The van der Waals surface area contributed by atoms with Gasteiger partial charge in [-0.3, -0.25) is 0 Å². The molecular weight excluding hydrogens is 372 g/mol. The van der Waals surface area contributed by atoms with Gasteiger partial charge in [-0.2, -0.15) is 0 Å². The number of aromatic nitrogens is 4. The molecule has 0 aliphatic carbocycles. The number of hydrogen-bond acceptors (Lipinski definition) is 4. The molecule has 10 heteroatoms. The largest absolute Gasteiger partial charge is 0.338 e. The number of rotatable bonds is 14. The first-order valence-corrected chi connectivity index (χ1v) is 10.2. The van der Waals surface area contributed by atoms with Crippen molar-refractivity contribution in [3.63, 3.8) is 0 Å². The van der Waals surface area contributed by atoms with Crippen molar-refractivity contribution in [2.75, 3.05) is 26.2 Å². The first kappa shape index (κ1) is 22.3. The van der Waals surface area contributed by atoms with Crippen LogP contribution in [0.2, 0.25) is 0 Å². The van der Waals surface area contributed by atoms with Gasteiger partial charge < -0.3 is 30.4 Å². The SMILES string of the molecule is O=C(NCCCCCNC(=O)NCCCn1ccnc1)NCCCn1ccnc1. The van der Waals surface area contributed by atoms with Gasteiger partial charge in [-0.15, -0.1) is 0 Å². The van der Waals surface area contributed by atoms with E-state index in [1.165, 1.54) is 0 Å². The van der Waals surface area contributed by atoms with Gasteiger partial charge in [0.25, 0.3) is 0 Å². The second kappa shape index (κ2) is 14.0. The van der Waals surface area contributed by atoms with Gasteiger partial charge in [-0.05, 0) is 32.1 Å². The van der Waals surface area contributed by atoms with Crippen LogP contribution < -0.4 is 21.3 Å². The van der Waals surface area contributed by atoms with Gasteiger partial charge in [0.1, 0.15) is 0 Å². The molecule has 2 heterocycles. The summed E-state index contributed by atoms with van der Waals surface area (Å²) in [5.41, 5.74) is 0. The highest BCUT2D eigenvalue weighted by atomic mass is 16.2. The molecule has 29 heavy (non-hydrogen) atoms. The fourth-order valence-electron chi connectivity index (χ4n) is 2.72. The molecule has 0 saturated carbocycles. The molecule has 10 nitrogen and oxygen atoms in total. The lowest BCUT2D eigenvalue weighted by molar-refractivity contribution is 0.240. The first-order chi connectivity index (χ1) is 14.2. The van der Waals surface area contributed by atoms with Crippen LogP contribution in [0.1, 0.15) is 32.1 Å². The minimum Gasteiger partial charge on any atom is -0.338 e. The van der Waals surface area contributed by atoms with Crippen molar-refractivity contribution in [3.8, 4) is 0 Å². The van der Waals surface area contributed by atoms with E-state index >= 15 is 0 Å². The Morgan fingerprint density at radius 1 is 0.621 bits per heavy atom. The number of nitrogens with zero attached hydrogens (tertiary/aromatic N) is 4. The molecule has 0 spiro atoms. The number of aryl methyl sites for hydroxylation is 2. The van der Waals surface area contributed by atoms with Crippen molar-refractivity contribution < 1.29 is 9.59 Å². The van der Waals surface area contributed by atoms with Crippen molar-refractivity contribution in [1.29, 1.82) is 0 Å². The maximum atomic E-state index is 11.7. The van der Waals surface area contributed by atoms with Crippen LogP contribution in [0.25, 0.3) is 0 Å². The zero-order valence-corrected chi connectivity index (χ0v) is 16.8. The number of urea groups is 2. The van der Waals surface area contributed by atoms with E-state index in [0.717, 1.165) is 45.2 Å². The lowest BCUT2D eigenvalue weighted by atomic mass is 10.2. The topological polar surface area (TPSA) is 118 Å². The van der Waals surface area contributed by atoms with E-state index in [0.29, 0.717) is 26.2 Å². The molecule has 4 amide bonds. The number of carbonyl (C=O) groups is 2. The highest BCUT2D eigenvalue weighted by Crippen LogP contribution is 1.93. The van der Waals surface area contributed by atoms with Gasteiger partial charge in [0, 0.05) is 64.1 Å². The average Bonchev–Trinajstić information content (AvgIpc) is 3.42. The third-order valence-corrected chi connectivity index (χ3v) is 4.30. The van der Waals surface area contributed by atoms with Crippen molar-refractivity contribution in [2.24, 2.45) is 0 Å². The van der Waals surface area contributed by atoms with Crippen molar-refractivity contribution >= 4 is 12.1 Å². The highest BCUT2D eigenvalue weighted by Gasteiger charge is 2.01. The smallest absolute Gasteiger partial charge is 0.314 e. The quantitative estimate of drug-likeness (QED) is 0.355. The Morgan fingerprint density at radius 2 is 1.03 bits per heavy atom. The Hall–Kier alpha value is -3.04. The number of imidazole rings is 2. The van der Waals surface area contributed by atoms with Gasteiger partial charge in [0.2, 0.25) is 0 Å². The summed E-state index contributed by atoms with van der Waals surface area (Å²) in [4.78, 5) is 31.3. The summed E-state index contributed by atoms with van der Waals surface area (Å²) in [6, 6.07) is -0.271. The van der Waals surface area contributed by atoms with Crippen molar-refractivity contribution in [1.82, 2.24) is 40.4 Å². The van der Waals surface area contributed by atoms with Crippen molar-refractivity contribution in [3.05, 3.63) is 37.4 Å². The lowest BCUT2D eigenvalue weighted by Crippen LogP contribution is -2.37. The van der Waals surface area contributed by atoms with Crippen LogP contribution in [0.5, 0.6) is 0 Å². The second-order valence-electron chi connectivity index (χ2n) is 6.73. The average molecular weight is 405 g/mol. The molecule has 0 bridgehead atoms. The van der Waals surface area contributed by atoms with Crippen LogP contribution in [-0.2, 0) is 13.1 Å². The Morgan fingerprint density at radius 3 is 1.41 bits per heavy atom. The van der Waals surface area contributed by atoms with Crippen molar-refractivity contribution in [2.45, 2.75) is 45.2 Å². The monoisotopic (exact) mass is 404 g/mol. The summed E-state index contributed by atoms with van der Waals surface area (Å²) in [5.74, 6) is 0. The van der Waals surface area contributed by atoms with E-state index in [2.05, 4.69) is 31.2 Å². The van der Waals surface area contributed by atoms with E-state index in [-0.39, 0.29) is 12.1 Å². The van der Waals surface area contributed by atoms with Crippen LogP contribution >= 0.6 is 0 Å². The molecular formula is C19H32N8O2. The van der Waals surface area contributed by atoms with Gasteiger partial charge in [0.05, 0.1) is 12.7 Å². The van der Waals surface area contributed by atoms with Gasteiger partial charge in [0.15, 0.2) is 0 Å².